The van der Waals surface area contributed by atoms with Crippen LogP contribution in [0.3, 0.4) is 0 Å². The third kappa shape index (κ3) is 4.29. The molecule has 21 heavy (non-hydrogen) atoms. The molecule has 5 heteroatoms. The summed E-state index contributed by atoms with van der Waals surface area (Å²) in [5.74, 6) is 0.904. The van der Waals surface area contributed by atoms with E-state index in [0.717, 1.165) is 30.8 Å². The number of hydrogen-bond donors (Lipinski definition) is 1. The van der Waals surface area contributed by atoms with Gasteiger partial charge in [0.25, 0.3) is 5.69 Å². The van der Waals surface area contributed by atoms with E-state index < -0.39 is 0 Å². The molecule has 0 heterocycles. The molecule has 2 rings (SSSR count). The van der Waals surface area contributed by atoms with Crippen molar-refractivity contribution < 1.29 is 15.0 Å². The van der Waals surface area contributed by atoms with Gasteiger partial charge in [-0.1, -0.05) is 30.3 Å². The van der Waals surface area contributed by atoms with Gasteiger partial charge in [0.05, 0.1) is 18.6 Å². The zero-order valence-corrected chi connectivity index (χ0v) is 12.0. The predicted molar refractivity (Wildman–Crippen MR) is 80.3 cm³/mol. The minimum atomic E-state index is -0.363. The fourth-order valence-electron chi connectivity index (χ4n) is 2.23. The summed E-state index contributed by atoms with van der Waals surface area (Å²) in [7, 11) is 1.67. The summed E-state index contributed by atoms with van der Waals surface area (Å²) in [4.78, 5) is 10.4. The Morgan fingerprint density at radius 2 is 2.00 bits per heavy atom. The van der Waals surface area contributed by atoms with E-state index in [2.05, 4.69) is 11.4 Å². The molecule has 0 aromatic heterocycles. The molecule has 0 bridgehead atoms. The average Bonchev–Trinajstić information content (AvgIpc) is 2.52. The van der Waals surface area contributed by atoms with Crippen molar-refractivity contribution in [3.63, 3.8) is 0 Å². The Morgan fingerprint density at radius 3 is 2.76 bits per heavy atom. The molecule has 0 saturated carbocycles. The number of quaternary nitrogens is 1. The van der Waals surface area contributed by atoms with E-state index in [0.29, 0.717) is 0 Å². The third-order valence-corrected chi connectivity index (χ3v) is 3.31. The van der Waals surface area contributed by atoms with Crippen molar-refractivity contribution in [3.05, 3.63) is 69.8 Å². The number of nitro benzene ring substituents is 1. The summed E-state index contributed by atoms with van der Waals surface area (Å²) < 4.78 is 5.31. The van der Waals surface area contributed by atoms with E-state index in [1.165, 1.54) is 11.6 Å². The SMILES string of the molecule is COc1ccccc1CC[NH2+]Cc1cccc([N+](=O)[O-])c1. The van der Waals surface area contributed by atoms with E-state index >= 15 is 0 Å². The van der Waals surface area contributed by atoms with Crippen LogP contribution in [-0.4, -0.2) is 18.6 Å². The van der Waals surface area contributed by atoms with Gasteiger partial charge in [-0.3, -0.25) is 10.1 Å². The largest absolute Gasteiger partial charge is 0.496 e. The predicted octanol–water partition coefficient (Wildman–Crippen LogP) is 1.91. The van der Waals surface area contributed by atoms with Crippen molar-refractivity contribution in [2.75, 3.05) is 13.7 Å². The van der Waals surface area contributed by atoms with Crippen LogP contribution in [0.1, 0.15) is 11.1 Å². The second kappa shape index (κ2) is 7.40. The Labute approximate surface area is 123 Å². The molecule has 5 nitrogen and oxygen atoms in total. The topological polar surface area (TPSA) is 69.0 Å². The van der Waals surface area contributed by atoms with Crippen molar-refractivity contribution in [2.24, 2.45) is 0 Å². The molecule has 0 aliphatic heterocycles. The number of methoxy groups -OCH3 is 1. The maximum atomic E-state index is 10.7. The molecule has 0 saturated heterocycles. The number of nitrogens with two attached hydrogens (primary N) is 1. The highest BCUT2D eigenvalue weighted by atomic mass is 16.6. The average molecular weight is 287 g/mol. The van der Waals surface area contributed by atoms with Gasteiger partial charge in [-0.25, -0.2) is 0 Å². The quantitative estimate of drug-likeness (QED) is 0.480. The van der Waals surface area contributed by atoms with Crippen LogP contribution in [0.4, 0.5) is 5.69 Å². The molecule has 0 unspecified atom stereocenters. The number of nitrogens with zero attached hydrogens (tertiary/aromatic N) is 1. The molecule has 0 atom stereocenters. The maximum Gasteiger partial charge on any atom is 0.269 e. The summed E-state index contributed by atoms with van der Waals surface area (Å²) >= 11 is 0. The minimum Gasteiger partial charge on any atom is -0.496 e. The molecule has 0 spiro atoms. The highest BCUT2D eigenvalue weighted by molar-refractivity contribution is 5.34. The molecule has 110 valence electrons. The van der Waals surface area contributed by atoms with Gasteiger partial charge >= 0.3 is 0 Å². The van der Waals surface area contributed by atoms with Gasteiger partial charge in [-0.15, -0.1) is 0 Å². The van der Waals surface area contributed by atoms with Gasteiger partial charge in [-0.05, 0) is 11.6 Å². The molecular formula is C16H19N2O3+. The number of rotatable bonds is 7. The highest BCUT2D eigenvalue weighted by Crippen LogP contribution is 2.17. The van der Waals surface area contributed by atoms with Gasteiger partial charge in [0.15, 0.2) is 0 Å². The Kier molecular flexibility index (Phi) is 5.29. The van der Waals surface area contributed by atoms with Gasteiger partial charge in [-0.2, -0.15) is 0 Å². The number of ether oxygens (including phenoxy) is 1. The van der Waals surface area contributed by atoms with Crippen LogP contribution in [0.15, 0.2) is 48.5 Å². The second-order valence-corrected chi connectivity index (χ2v) is 4.77. The van der Waals surface area contributed by atoms with Crippen molar-refractivity contribution in [3.8, 4) is 5.75 Å². The number of nitro groups is 1. The Balaban J connectivity index is 1.85. The maximum absolute atomic E-state index is 10.7. The zero-order valence-electron chi connectivity index (χ0n) is 12.0. The van der Waals surface area contributed by atoms with E-state index in [-0.39, 0.29) is 10.6 Å². The third-order valence-electron chi connectivity index (χ3n) is 3.31. The molecule has 2 N–H and O–H groups in total. The van der Waals surface area contributed by atoms with Crippen LogP contribution >= 0.6 is 0 Å². The summed E-state index contributed by atoms with van der Waals surface area (Å²) in [6, 6.07) is 14.7. The van der Waals surface area contributed by atoms with Crippen LogP contribution in [0.25, 0.3) is 0 Å². The lowest BCUT2D eigenvalue weighted by atomic mass is 10.1. The van der Waals surface area contributed by atoms with Gasteiger partial charge in [0, 0.05) is 24.1 Å². The van der Waals surface area contributed by atoms with Gasteiger partial charge in [0.1, 0.15) is 12.3 Å². The van der Waals surface area contributed by atoms with E-state index in [4.69, 9.17) is 4.74 Å². The smallest absolute Gasteiger partial charge is 0.269 e. The highest BCUT2D eigenvalue weighted by Gasteiger charge is 2.07. The zero-order chi connectivity index (χ0) is 15.1. The van der Waals surface area contributed by atoms with Crippen molar-refractivity contribution in [1.82, 2.24) is 0 Å². The molecule has 2 aromatic rings. The van der Waals surface area contributed by atoms with Crippen LogP contribution in [-0.2, 0) is 13.0 Å². The Bertz CT molecular complexity index is 614. The van der Waals surface area contributed by atoms with Gasteiger partial charge < -0.3 is 10.1 Å². The molecule has 0 aliphatic carbocycles. The fraction of sp³-hybridized carbons (Fsp3) is 0.250. The first kappa shape index (κ1) is 15.0. The molecule has 2 aromatic carbocycles. The first-order valence-electron chi connectivity index (χ1n) is 6.87. The molecular weight excluding hydrogens is 268 g/mol. The Morgan fingerprint density at radius 1 is 1.19 bits per heavy atom. The van der Waals surface area contributed by atoms with Crippen molar-refractivity contribution >= 4 is 5.69 Å². The molecule has 0 radical (unpaired) electrons. The van der Waals surface area contributed by atoms with E-state index in [9.17, 15) is 10.1 Å². The molecule has 0 fully saturated rings. The Hall–Kier alpha value is -2.40. The van der Waals surface area contributed by atoms with Crippen LogP contribution in [0, 0.1) is 10.1 Å². The lowest BCUT2D eigenvalue weighted by Crippen LogP contribution is -2.83. The molecule has 0 amide bonds. The van der Waals surface area contributed by atoms with E-state index in [1.807, 2.05) is 24.3 Å². The van der Waals surface area contributed by atoms with Crippen LogP contribution in [0.2, 0.25) is 0 Å². The van der Waals surface area contributed by atoms with Crippen LogP contribution in [0.5, 0.6) is 5.75 Å². The first-order valence-corrected chi connectivity index (χ1v) is 6.87. The standard InChI is InChI=1S/C16H18N2O3/c1-21-16-8-3-2-6-14(16)9-10-17-12-13-5-4-7-15(11-13)18(19)20/h2-8,11,17H,9-10,12H2,1H3/p+1. The first-order chi connectivity index (χ1) is 10.2. The number of non-ortho nitro benzene ring substituents is 1. The number of hydrogen-bond acceptors (Lipinski definition) is 3. The normalized spacial score (nSPS) is 10.3. The summed E-state index contributed by atoms with van der Waals surface area (Å²) in [6.45, 7) is 1.64. The lowest BCUT2D eigenvalue weighted by Gasteiger charge is -2.07. The van der Waals surface area contributed by atoms with Gasteiger partial charge in [0.2, 0.25) is 0 Å². The summed E-state index contributed by atoms with van der Waals surface area (Å²) in [5, 5.41) is 12.9. The fourth-order valence-corrected chi connectivity index (χ4v) is 2.23. The minimum absolute atomic E-state index is 0.144. The van der Waals surface area contributed by atoms with Crippen molar-refractivity contribution in [2.45, 2.75) is 13.0 Å². The monoisotopic (exact) mass is 287 g/mol. The number of para-hydroxylation sites is 1. The second-order valence-electron chi connectivity index (χ2n) is 4.77. The molecule has 0 aliphatic rings. The summed E-state index contributed by atoms with van der Waals surface area (Å²) in [6.07, 6.45) is 0.902. The van der Waals surface area contributed by atoms with Crippen molar-refractivity contribution in [1.29, 1.82) is 0 Å². The summed E-state index contributed by atoms with van der Waals surface area (Å²) in [5.41, 5.74) is 2.28. The van der Waals surface area contributed by atoms with E-state index in [1.54, 1.807) is 19.2 Å². The van der Waals surface area contributed by atoms with Crippen LogP contribution < -0.4 is 10.1 Å². The number of benzene rings is 2. The lowest BCUT2D eigenvalue weighted by molar-refractivity contribution is -0.670.